The maximum absolute atomic E-state index is 13.1. The van der Waals surface area contributed by atoms with Gasteiger partial charge < -0.3 is 45.0 Å². The van der Waals surface area contributed by atoms with Gasteiger partial charge in [0.15, 0.2) is 16.9 Å². The molecule has 216 valence electrons. The van der Waals surface area contributed by atoms with Crippen molar-refractivity contribution in [1.82, 2.24) is 15.6 Å². The number of nitrogens with two attached hydrogens (primary N) is 6. The zero-order valence-electron chi connectivity index (χ0n) is 22.4. The van der Waals surface area contributed by atoms with Crippen LogP contribution in [0.25, 0.3) is 10.2 Å². The Hall–Kier alpha value is -3.82. The summed E-state index contributed by atoms with van der Waals surface area (Å²) in [6.07, 6.45) is 1.59. The SMILES string of the molecule is CC(C)N.NC(N)=NCCCC(N)C(=O)NCC(=O)NC(CCCN=C(N)N)C(=O)c1nc2ccccc2s1. The second-order valence-corrected chi connectivity index (χ2v) is 9.97. The van der Waals surface area contributed by atoms with E-state index in [2.05, 4.69) is 25.6 Å². The molecule has 0 saturated heterocycles. The maximum atomic E-state index is 13.1. The predicted molar refractivity (Wildman–Crippen MR) is 156 cm³/mol. The minimum absolute atomic E-state index is 0.0343. The second kappa shape index (κ2) is 17.6. The highest BCUT2D eigenvalue weighted by Gasteiger charge is 2.25. The monoisotopic (exact) mass is 563 g/mol. The first kappa shape index (κ1) is 33.2. The van der Waals surface area contributed by atoms with E-state index in [1.165, 1.54) is 11.3 Å². The highest BCUT2D eigenvalue weighted by atomic mass is 32.1. The molecule has 2 aromatic rings. The van der Waals surface area contributed by atoms with E-state index >= 15 is 0 Å². The molecule has 2 unspecified atom stereocenters. The minimum Gasteiger partial charge on any atom is -0.370 e. The molecule has 2 atom stereocenters. The number of aliphatic imine (C=N–C) groups is 2. The van der Waals surface area contributed by atoms with Gasteiger partial charge in [0.25, 0.3) is 0 Å². The number of hydrogen-bond acceptors (Lipinski definition) is 9. The summed E-state index contributed by atoms with van der Waals surface area (Å²) in [5.74, 6) is -1.44. The van der Waals surface area contributed by atoms with Gasteiger partial charge in [-0.1, -0.05) is 26.0 Å². The number of para-hydroxylation sites is 1. The van der Waals surface area contributed by atoms with Gasteiger partial charge in [0.05, 0.1) is 28.8 Å². The fourth-order valence-electron chi connectivity index (χ4n) is 3.09. The van der Waals surface area contributed by atoms with Gasteiger partial charge in [-0.2, -0.15) is 0 Å². The smallest absolute Gasteiger partial charge is 0.239 e. The van der Waals surface area contributed by atoms with Crippen LogP contribution in [0.3, 0.4) is 0 Å². The Bertz CT molecular complexity index is 1090. The van der Waals surface area contributed by atoms with Crippen LogP contribution in [-0.2, 0) is 9.59 Å². The number of carbonyl (C=O) groups excluding carboxylic acids is 3. The topological polar surface area (TPSA) is 269 Å². The average molecular weight is 564 g/mol. The zero-order chi connectivity index (χ0) is 29.4. The average Bonchev–Trinajstić information content (AvgIpc) is 3.30. The quantitative estimate of drug-likeness (QED) is 0.0592. The third-order valence-electron chi connectivity index (χ3n) is 4.83. The van der Waals surface area contributed by atoms with E-state index in [1.54, 1.807) is 0 Å². The number of nitrogens with zero attached hydrogens (tertiary/aromatic N) is 3. The lowest BCUT2D eigenvalue weighted by Gasteiger charge is -2.17. The van der Waals surface area contributed by atoms with Crippen molar-refractivity contribution in [2.75, 3.05) is 19.6 Å². The molecule has 0 saturated carbocycles. The van der Waals surface area contributed by atoms with Crippen molar-refractivity contribution in [2.45, 2.75) is 57.7 Å². The van der Waals surface area contributed by atoms with Crippen LogP contribution < -0.4 is 45.0 Å². The van der Waals surface area contributed by atoms with Crippen LogP contribution >= 0.6 is 11.3 Å². The lowest BCUT2D eigenvalue weighted by Crippen LogP contribution is -2.48. The van der Waals surface area contributed by atoms with Gasteiger partial charge in [-0.05, 0) is 43.9 Å². The van der Waals surface area contributed by atoms with E-state index in [4.69, 9.17) is 34.4 Å². The summed E-state index contributed by atoms with van der Waals surface area (Å²) in [5.41, 5.74) is 32.8. The molecular weight excluding hydrogens is 522 g/mol. The zero-order valence-corrected chi connectivity index (χ0v) is 23.2. The molecule has 0 radical (unpaired) electrons. The number of guanidine groups is 2. The molecule has 0 aliphatic heterocycles. The van der Waals surface area contributed by atoms with Crippen LogP contribution in [-0.4, -0.2) is 72.3 Å². The molecule has 1 aromatic heterocycles. The van der Waals surface area contributed by atoms with Gasteiger partial charge in [0, 0.05) is 13.1 Å². The number of Topliss-reactive ketones (excluding diaryl/α,β-unsaturated/α-hetero) is 1. The Labute approximate surface area is 232 Å². The molecule has 0 fully saturated rings. The lowest BCUT2D eigenvalue weighted by molar-refractivity contribution is -0.127. The van der Waals surface area contributed by atoms with Crippen LogP contribution in [0.15, 0.2) is 34.3 Å². The number of rotatable bonds is 14. The Morgan fingerprint density at radius 2 is 1.51 bits per heavy atom. The number of amides is 2. The number of nitrogens with one attached hydrogen (secondary N) is 2. The Morgan fingerprint density at radius 1 is 0.949 bits per heavy atom. The maximum Gasteiger partial charge on any atom is 0.239 e. The second-order valence-electron chi connectivity index (χ2n) is 8.94. The van der Waals surface area contributed by atoms with Crippen LogP contribution in [0.4, 0.5) is 0 Å². The summed E-state index contributed by atoms with van der Waals surface area (Å²) in [6, 6.07) is 6.02. The third kappa shape index (κ3) is 14.1. The number of aromatic nitrogens is 1. The van der Waals surface area contributed by atoms with Gasteiger partial charge >= 0.3 is 0 Å². The van der Waals surface area contributed by atoms with Gasteiger partial charge in [-0.3, -0.25) is 24.4 Å². The summed E-state index contributed by atoms with van der Waals surface area (Å²) >= 11 is 1.25. The predicted octanol–water partition coefficient (Wildman–Crippen LogP) is -1.13. The molecule has 0 bridgehead atoms. The molecule has 1 aromatic carbocycles. The highest BCUT2D eigenvalue weighted by Crippen LogP contribution is 2.23. The molecular formula is C24H41N11O3S. The molecule has 2 rings (SSSR count). The van der Waals surface area contributed by atoms with Crippen molar-refractivity contribution in [1.29, 1.82) is 0 Å². The van der Waals surface area contributed by atoms with Crippen molar-refractivity contribution in [2.24, 2.45) is 44.4 Å². The van der Waals surface area contributed by atoms with Crippen LogP contribution in [0, 0.1) is 0 Å². The summed E-state index contributed by atoms with van der Waals surface area (Å²) < 4.78 is 0.863. The fourth-order valence-corrected chi connectivity index (χ4v) is 4.05. The van der Waals surface area contributed by atoms with Crippen LogP contribution in [0.5, 0.6) is 0 Å². The summed E-state index contributed by atoms with van der Waals surface area (Å²) in [4.78, 5) is 49.9. The summed E-state index contributed by atoms with van der Waals surface area (Å²) in [5, 5.41) is 5.43. The van der Waals surface area contributed by atoms with E-state index in [1.807, 2.05) is 38.1 Å². The number of hydrogen-bond donors (Lipinski definition) is 8. The number of benzene rings is 1. The Morgan fingerprint density at radius 3 is 2.08 bits per heavy atom. The Kier molecular flexibility index (Phi) is 15.0. The molecule has 15 heteroatoms. The van der Waals surface area contributed by atoms with E-state index < -0.39 is 23.9 Å². The molecule has 1 heterocycles. The molecule has 0 aliphatic rings. The van der Waals surface area contributed by atoms with Gasteiger partial charge in [0.2, 0.25) is 17.6 Å². The summed E-state index contributed by atoms with van der Waals surface area (Å²) in [6.45, 7) is 4.20. The van der Waals surface area contributed by atoms with Crippen molar-refractivity contribution in [3.63, 3.8) is 0 Å². The minimum atomic E-state index is -0.859. The van der Waals surface area contributed by atoms with Gasteiger partial charge in [0.1, 0.15) is 0 Å². The normalized spacial score (nSPS) is 12.0. The highest BCUT2D eigenvalue weighted by molar-refractivity contribution is 7.20. The van der Waals surface area contributed by atoms with Gasteiger partial charge in [-0.25, -0.2) is 4.98 Å². The largest absolute Gasteiger partial charge is 0.370 e. The van der Waals surface area contributed by atoms with E-state index in [0.717, 1.165) is 4.70 Å². The van der Waals surface area contributed by atoms with E-state index in [-0.39, 0.29) is 35.7 Å². The Balaban J connectivity index is 0.00000177. The van der Waals surface area contributed by atoms with E-state index in [0.29, 0.717) is 43.9 Å². The summed E-state index contributed by atoms with van der Waals surface area (Å²) in [7, 11) is 0. The third-order valence-corrected chi connectivity index (χ3v) is 5.88. The first-order valence-corrected chi connectivity index (χ1v) is 13.3. The number of thiazole rings is 1. The van der Waals surface area contributed by atoms with E-state index in [9.17, 15) is 14.4 Å². The fraction of sp³-hybridized carbons (Fsp3) is 0.500. The molecule has 39 heavy (non-hydrogen) atoms. The molecule has 14 nitrogen and oxygen atoms in total. The molecule has 2 amide bonds. The molecule has 14 N–H and O–H groups in total. The first-order chi connectivity index (χ1) is 18.4. The van der Waals surface area contributed by atoms with Gasteiger partial charge in [-0.15, -0.1) is 11.3 Å². The number of fused-ring (bicyclic) bond motifs is 1. The number of ketones is 1. The standard InChI is InChI=1S/C21H32N10O3S.C3H9N/c22-12(5-3-9-27-20(23)24)18(34)29-11-16(32)30-14(7-4-10-28-21(25)26)17(33)19-31-13-6-1-2-8-15(13)35-19;1-3(2)4/h1-2,6,8,12,14H,3-5,7,9-11,22H2,(H,29,34)(H,30,32)(H4,23,24,27)(H4,25,26,28);3H,4H2,1-2H3. The lowest BCUT2D eigenvalue weighted by atomic mass is 10.1. The molecule has 0 spiro atoms. The van der Waals surface area contributed by atoms with Crippen molar-refractivity contribution in [3.05, 3.63) is 29.3 Å². The van der Waals surface area contributed by atoms with Crippen molar-refractivity contribution >= 4 is 51.1 Å². The van der Waals surface area contributed by atoms with Crippen molar-refractivity contribution in [3.8, 4) is 0 Å². The van der Waals surface area contributed by atoms with Crippen LogP contribution in [0.2, 0.25) is 0 Å². The number of carbonyl (C=O) groups is 3. The van der Waals surface area contributed by atoms with Crippen LogP contribution in [0.1, 0.15) is 49.3 Å². The first-order valence-electron chi connectivity index (χ1n) is 12.5. The molecule has 0 aliphatic carbocycles. The van der Waals surface area contributed by atoms with Crippen molar-refractivity contribution < 1.29 is 14.4 Å².